The van der Waals surface area contributed by atoms with Crippen molar-refractivity contribution in [1.29, 1.82) is 0 Å². The molecule has 2 rings (SSSR count). The highest BCUT2D eigenvalue weighted by atomic mass is 16.1. The van der Waals surface area contributed by atoms with Gasteiger partial charge in [0.2, 0.25) is 5.91 Å². The minimum atomic E-state index is 0.0730. The van der Waals surface area contributed by atoms with E-state index < -0.39 is 0 Å². The monoisotopic (exact) mass is 271 g/mol. The molecule has 0 radical (unpaired) electrons. The van der Waals surface area contributed by atoms with Crippen LogP contribution in [0, 0.1) is 5.92 Å². The van der Waals surface area contributed by atoms with Crippen molar-refractivity contribution in [3.63, 3.8) is 0 Å². The molecule has 0 aromatic heterocycles. The Balaban J connectivity index is 1.96. The van der Waals surface area contributed by atoms with E-state index in [0.717, 1.165) is 17.5 Å². The number of rotatable bonds is 5. The minimum Gasteiger partial charge on any atom is -0.326 e. The number of hydrogen-bond acceptors (Lipinski definition) is 2. The zero-order chi connectivity index (χ0) is 14.2. The van der Waals surface area contributed by atoms with E-state index in [-0.39, 0.29) is 5.91 Å². The van der Waals surface area contributed by atoms with Gasteiger partial charge in [0.05, 0.1) is 0 Å². The molecular weight excluding hydrogens is 250 g/mol. The predicted molar refractivity (Wildman–Crippen MR) is 81.4 cm³/mol. The van der Waals surface area contributed by atoms with Gasteiger partial charge in [-0.2, -0.15) is 0 Å². The molecule has 3 nitrogen and oxygen atoms in total. The maximum Gasteiger partial charge on any atom is 0.224 e. The third-order valence-electron chi connectivity index (χ3n) is 3.79. The molecular formula is C17H21NO2. The molecule has 0 bridgehead atoms. The number of anilines is 1. The van der Waals surface area contributed by atoms with Crippen LogP contribution in [0.4, 0.5) is 5.69 Å². The molecule has 1 aliphatic rings. The van der Waals surface area contributed by atoms with Gasteiger partial charge in [-0.25, -0.2) is 0 Å². The summed E-state index contributed by atoms with van der Waals surface area (Å²) >= 11 is 0. The second-order valence-electron chi connectivity index (χ2n) is 5.34. The van der Waals surface area contributed by atoms with Crippen LogP contribution in [0.25, 0.3) is 6.08 Å². The molecule has 1 aromatic carbocycles. The molecule has 20 heavy (non-hydrogen) atoms. The topological polar surface area (TPSA) is 46.2 Å². The van der Waals surface area contributed by atoms with E-state index in [4.69, 9.17) is 0 Å². The Morgan fingerprint density at radius 1 is 1.20 bits per heavy atom. The second kappa shape index (κ2) is 7.63. The van der Waals surface area contributed by atoms with Crippen molar-refractivity contribution in [2.45, 2.75) is 38.5 Å². The summed E-state index contributed by atoms with van der Waals surface area (Å²) in [6.07, 6.45) is 10.6. The lowest BCUT2D eigenvalue weighted by atomic mass is 9.87. The lowest BCUT2D eigenvalue weighted by molar-refractivity contribution is -0.117. The molecule has 0 atom stereocenters. The summed E-state index contributed by atoms with van der Waals surface area (Å²) in [5, 5.41) is 2.96. The molecule has 1 aliphatic carbocycles. The van der Waals surface area contributed by atoms with Crippen LogP contribution in [0.15, 0.2) is 30.3 Å². The SMILES string of the molecule is O=C/C=C/c1ccccc1NC(=O)CC1CCCCC1. The van der Waals surface area contributed by atoms with Crippen molar-refractivity contribution in [2.24, 2.45) is 5.92 Å². The Morgan fingerprint density at radius 2 is 1.95 bits per heavy atom. The molecule has 0 saturated heterocycles. The zero-order valence-electron chi connectivity index (χ0n) is 11.7. The molecule has 1 fully saturated rings. The highest BCUT2D eigenvalue weighted by molar-refractivity contribution is 5.93. The summed E-state index contributed by atoms with van der Waals surface area (Å²) in [5.74, 6) is 0.602. The van der Waals surface area contributed by atoms with E-state index >= 15 is 0 Å². The fourth-order valence-electron chi connectivity index (χ4n) is 2.75. The summed E-state index contributed by atoms with van der Waals surface area (Å²) < 4.78 is 0. The van der Waals surface area contributed by atoms with Crippen LogP contribution in [-0.2, 0) is 9.59 Å². The van der Waals surface area contributed by atoms with Crippen molar-refractivity contribution in [1.82, 2.24) is 0 Å². The van der Waals surface area contributed by atoms with Crippen molar-refractivity contribution < 1.29 is 9.59 Å². The first kappa shape index (κ1) is 14.5. The molecule has 1 aromatic rings. The number of nitrogens with one attached hydrogen (secondary N) is 1. The van der Waals surface area contributed by atoms with Crippen LogP contribution < -0.4 is 5.32 Å². The third-order valence-corrected chi connectivity index (χ3v) is 3.79. The number of para-hydroxylation sites is 1. The second-order valence-corrected chi connectivity index (χ2v) is 5.34. The number of aldehydes is 1. The third kappa shape index (κ3) is 4.34. The normalized spacial score (nSPS) is 16.2. The predicted octanol–water partition coefficient (Wildman–Crippen LogP) is 3.81. The van der Waals surface area contributed by atoms with Gasteiger partial charge in [0.15, 0.2) is 0 Å². The maximum absolute atomic E-state index is 12.1. The summed E-state index contributed by atoms with van der Waals surface area (Å²) in [6.45, 7) is 0. The Morgan fingerprint density at radius 3 is 2.70 bits per heavy atom. The molecule has 106 valence electrons. The first-order valence-electron chi connectivity index (χ1n) is 7.30. The molecule has 0 aliphatic heterocycles. The van der Waals surface area contributed by atoms with Crippen LogP contribution in [0.5, 0.6) is 0 Å². The summed E-state index contributed by atoms with van der Waals surface area (Å²) in [5.41, 5.74) is 1.63. The smallest absolute Gasteiger partial charge is 0.224 e. The molecule has 0 spiro atoms. The van der Waals surface area contributed by atoms with Crippen LogP contribution in [0.2, 0.25) is 0 Å². The average Bonchev–Trinajstić information content (AvgIpc) is 2.47. The quantitative estimate of drug-likeness (QED) is 0.654. The first-order valence-corrected chi connectivity index (χ1v) is 7.30. The van der Waals surface area contributed by atoms with Crippen molar-refractivity contribution >= 4 is 24.0 Å². The number of carbonyl (C=O) groups excluding carboxylic acids is 2. The average molecular weight is 271 g/mol. The fourth-order valence-corrected chi connectivity index (χ4v) is 2.75. The maximum atomic E-state index is 12.1. The number of hydrogen-bond donors (Lipinski definition) is 1. The van der Waals surface area contributed by atoms with Gasteiger partial charge in [-0.3, -0.25) is 9.59 Å². The summed E-state index contributed by atoms with van der Waals surface area (Å²) in [4.78, 5) is 22.5. The first-order chi connectivity index (χ1) is 9.79. The van der Waals surface area contributed by atoms with Gasteiger partial charge in [0.25, 0.3) is 0 Å². The van der Waals surface area contributed by atoms with Crippen LogP contribution in [0.3, 0.4) is 0 Å². The van der Waals surface area contributed by atoms with Gasteiger partial charge in [-0.1, -0.05) is 37.5 Å². The van der Waals surface area contributed by atoms with Crippen molar-refractivity contribution in [3.05, 3.63) is 35.9 Å². The number of allylic oxidation sites excluding steroid dienone is 1. The lowest BCUT2D eigenvalue weighted by Crippen LogP contribution is -2.18. The molecule has 1 amide bonds. The summed E-state index contributed by atoms with van der Waals surface area (Å²) in [6, 6.07) is 7.52. The Labute approximate surface area is 120 Å². The fraction of sp³-hybridized carbons (Fsp3) is 0.412. The van der Waals surface area contributed by atoms with Crippen LogP contribution >= 0.6 is 0 Å². The highest BCUT2D eigenvalue weighted by Gasteiger charge is 2.17. The molecule has 0 heterocycles. The number of carbonyl (C=O) groups is 2. The highest BCUT2D eigenvalue weighted by Crippen LogP contribution is 2.27. The zero-order valence-corrected chi connectivity index (χ0v) is 11.7. The largest absolute Gasteiger partial charge is 0.326 e. The van der Waals surface area contributed by atoms with Crippen molar-refractivity contribution in [3.8, 4) is 0 Å². The van der Waals surface area contributed by atoms with Gasteiger partial charge in [0, 0.05) is 12.1 Å². The minimum absolute atomic E-state index is 0.0730. The van der Waals surface area contributed by atoms with Crippen LogP contribution in [-0.4, -0.2) is 12.2 Å². The molecule has 0 unspecified atom stereocenters. The van der Waals surface area contributed by atoms with Gasteiger partial charge < -0.3 is 5.32 Å². The molecule has 3 heteroatoms. The number of benzene rings is 1. The van der Waals surface area contributed by atoms with Gasteiger partial charge in [-0.15, -0.1) is 0 Å². The Bertz CT molecular complexity index is 488. The van der Waals surface area contributed by atoms with Gasteiger partial charge >= 0.3 is 0 Å². The Hall–Kier alpha value is -1.90. The van der Waals surface area contributed by atoms with E-state index in [9.17, 15) is 9.59 Å². The Kier molecular flexibility index (Phi) is 5.54. The standard InChI is InChI=1S/C17H21NO2/c19-12-6-10-15-9-4-5-11-16(15)18-17(20)13-14-7-2-1-3-8-14/h4-6,9-12,14H,1-3,7-8,13H2,(H,18,20)/b10-6+. The van der Waals surface area contributed by atoms with E-state index in [1.807, 2.05) is 24.3 Å². The van der Waals surface area contributed by atoms with E-state index in [2.05, 4.69) is 5.32 Å². The van der Waals surface area contributed by atoms with E-state index in [1.165, 1.54) is 38.2 Å². The molecule has 1 saturated carbocycles. The van der Waals surface area contributed by atoms with Gasteiger partial charge in [0.1, 0.15) is 6.29 Å². The molecule has 1 N–H and O–H groups in total. The number of amides is 1. The lowest BCUT2D eigenvalue weighted by Gasteiger charge is -2.21. The van der Waals surface area contributed by atoms with Crippen LogP contribution in [0.1, 0.15) is 44.1 Å². The van der Waals surface area contributed by atoms with Crippen molar-refractivity contribution in [2.75, 3.05) is 5.32 Å². The van der Waals surface area contributed by atoms with Gasteiger partial charge in [-0.05, 0) is 42.5 Å². The van der Waals surface area contributed by atoms with E-state index in [0.29, 0.717) is 12.3 Å². The summed E-state index contributed by atoms with van der Waals surface area (Å²) in [7, 11) is 0. The van der Waals surface area contributed by atoms with E-state index in [1.54, 1.807) is 6.08 Å².